The van der Waals surface area contributed by atoms with Crippen LogP contribution in [0.5, 0.6) is 0 Å². The minimum absolute atomic E-state index is 0. The predicted octanol–water partition coefficient (Wildman–Crippen LogP) is 4.08. The average Bonchev–Trinajstić information content (AvgIpc) is 3.76. The number of amides is 4. The molecular weight excluding hydrogens is 670 g/mol. The Hall–Kier alpha value is -4.17. The molecule has 48 heavy (non-hydrogen) atoms. The van der Waals surface area contributed by atoms with Gasteiger partial charge in [-0.3, -0.25) is 19.2 Å². The average molecular weight is 710 g/mol. The normalized spacial score (nSPS) is 18.3. The van der Waals surface area contributed by atoms with Crippen molar-refractivity contribution in [3.05, 3.63) is 104 Å². The monoisotopic (exact) mass is 709 g/mol. The second-order valence-corrected chi connectivity index (χ2v) is 13.6. The summed E-state index contributed by atoms with van der Waals surface area (Å²) < 4.78 is 0. The van der Waals surface area contributed by atoms with Crippen LogP contribution in [0.1, 0.15) is 74.5 Å². The van der Waals surface area contributed by atoms with Crippen molar-refractivity contribution in [2.45, 2.75) is 51.2 Å². The van der Waals surface area contributed by atoms with Gasteiger partial charge in [-0.05, 0) is 36.3 Å². The van der Waals surface area contributed by atoms with Crippen LogP contribution in [0.2, 0.25) is 0 Å². The number of rotatable bonds is 6. The summed E-state index contributed by atoms with van der Waals surface area (Å²) in [5, 5.41) is 13.5. The fraction of sp³-hybridized carbons (Fsp3) is 0.353. The first-order valence-electron chi connectivity index (χ1n) is 15.6. The molecule has 5 rings (SSSR count). The lowest BCUT2D eigenvalue weighted by molar-refractivity contribution is -0.137. The highest BCUT2D eigenvalue weighted by atomic mass is 35.5. The Bertz CT molecular complexity index is 1680. The molecule has 4 bridgehead atoms. The predicted molar refractivity (Wildman–Crippen MR) is 189 cm³/mol. The van der Waals surface area contributed by atoms with Gasteiger partial charge in [0.15, 0.2) is 0 Å². The SMILES string of the molecule is CC(C)[C@@H]1NC(=O)c2csc(n2)C(Cc2ccccc2)NC(=O)CN(C(=O)[C@H](N)Cc2ccccc2)CCCNC(=O)c2csc1n2.Cl. The van der Waals surface area contributed by atoms with E-state index in [1.807, 2.05) is 74.5 Å². The van der Waals surface area contributed by atoms with Crippen molar-refractivity contribution >= 4 is 58.7 Å². The molecule has 0 aliphatic carbocycles. The zero-order valence-electron chi connectivity index (χ0n) is 26.8. The molecule has 4 aromatic rings. The van der Waals surface area contributed by atoms with E-state index in [1.165, 1.54) is 27.6 Å². The van der Waals surface area contributed by atoms with Crippen molar-refractivity contribution in [2.75, 3.05) is 19.6 Å². The summed E-state index contributed by atoms with van der Waals surface area (Å²) >= 11 is 2.59. The first-order chi connectivity index (χ1) is 22.7. The van der Waals surface area contributed by atoms with Crippen LogP contribution in [0.25, 0.3) is 0 Å². The molecule has 0 spiro atoms. The number of benzene rings is 2. The highest BCUT2D eigenvalue weighted by Crippen LogP contribution is 2.27. The van der Waals surface area contributed by atoms with Gasteiger partial charge >= 0.3 is 0 Å². The van der Waals surface area contributed by atoms with Crippen molar-refractivity contribution in [1.29, 1.82) is 0 Å². The van der Waals surface area contributed by atoms with E-state index in [-0.39, 0.29) is 73.0 Å². The third kappa shape index (κ3) is 9.69. The van der Waals surface area contributed by atoms with E-state index in [9.17, 15) is 19.2 Å². The molecular formula is C34H40ClN7O4S2. The van der Waals surface area contributed by atoms with Gasteiger partial charge in [0.05, 0.1) is 24.7 Å². The van der Waals surface area contributed by atoms with E-state index < -0.39 is 18.1 Å². The number of carbonyl (C=O) groups is 4. The van der Waals surface area contributed by atoms with Crippen molar-refractivity contribution < 1.29 is 19.2 Å². The lowest BCUT2D eigenvalue weighted by Crippen LogP contribution is -2.49. The molecule has 254 valence electrons. The van der Waals surface area contributed by atoms with Gasteiger partial charge in [0.2, 0.25) is 11.8 Å². The lowest BCUT2D eigenvalue weighted by Gasteiger charge is -2.26. The Morgan fingerprint density at radius 2 is 1.50 bits per heavy atom. The highest BCUT2D eigenvalue weighted by molar-refractivity contribution is 7.10. The maximum absolute atomic E-state index is 13.6. The Labute approximate surface area is 294 Å². The van der Waals surface area contributed by atoms with Crippen LogP contribution in [0.4, 0.5) is 0 Å². The van der Waals surface area contributed by atoms with Crippen molar-refractivity contribution in [3.8, 4) is 0 Å². The molecule has 0 saturated heterocycles. The third-order valence-electron chi connectivity index (χ3n) is 7.80. The third-order valence-corrected chi connectivity index (χ3v) is 9.68. The number of nitrogens with zero attached hydrogens (tertiary/aromatic N) is 3. The van der Waals surface area contributed by atoms with Crippen LogP contribution in [0.3, 0.4) is 0 Å². The zero-order chi connectivity index (χ0) is 33.3. The molecule has 2 aromatic carbocycles. The van der Waals surface area contributed by atoms with Gasteiger partial charge in [0, 0.05) is 23.8 Å². The quantitative estimate of drug-likeness (QED) is 0.235. The minimum Gasteiger partial charge on any atom is -0.351 e. The van der Waals surface area contributed by atoms with Gasteiger partial charge in [-0.25, -0.2) is 9.97 Å². The maximum Gasteiger partial charge on any atom is 0.271 e. The number of aromatic nitrogens is 2. The number of nitrogens with two attached hydrogens (primary N) is 1. The Balaban J connectivity index is 0.00000520. The number of hydrogen-bond donors (Lipinski definition) is 4. The van der Waals surface area contributed by atoms with Crippen LogP contribution < -0.4 is 21.7 Å². The standard InChI is InChI=1S/C34H39N7O4S2.ClH/c1-21(2)29-33-39-26(19-47-33)30(43)36-14-9-15-41(34(45)24(35)16-22-10-5-3-6-11-22)18-28(42)37-25(17-23-12-7-4-8-13-23)32-38-27(20-46-32)31(44)40-29;/h3-8,10-13,19-21,24-25,29H,9,14-18,35H2,1-2H3,(H,36,43)(H,37,42)(H,40,44);1H/t24-,25?,29+;/m1./s1. The second-order valence-electron chi connectivity index (χ2n) is 11.8. The van der Waals surface area contributed by atoms with Gasteiger partial charge in [0.1, 0.15) is 21.4 Å². The number of fused-ring (bicyclic) bond motifs is 4. The molecule has 3 heterocycles. The smallest absolute Gasteiger partial charge is 0.271 e. The number of nitrogens with one attached hydrogen (secondary N) is 3. The molecule has 5 N–H and O–H groups in total. The van der Waals surface area contributed by atoms with Crippen LogP contribution in [0.15, 0.2) is 71.4 Å². The van der Waals surface area contributed by atoms with Gasteiger partial charge < -0.3 is 26.6 Å². The highest BCUT2D eigenvalue weighted by Gasteiger charge is 2.28. The van der Waals surface area contributed by atoms with E-state index in [1.54, 1.807) is 10.8 Å². The molecule has 1 aliphatic heterocycles. The molecule has 14 heteroatoms. The Morgan fingerprint density at radius 1 is 0.896 bits per heavy atom. The van der Waals surface area contributed by atoms with Gasteiger partial charge in [-0.15, -0.1) is 35.1 Å². The molecule has 0 fully saturated rings. The summed E-state index contributed by atoms with van der Waals surface area (Å²) in [6.07, 6.45) is 1.15. The topological polar surface area (TPSA) is 159 Å². The summed E-state index contributed by atoms with van der Waals surface area (Å²) in [5.41, 5.74) is 8.74. The van der Waals surface area contributed by atoms with Gasteiger partial charge in [-0.2, -0.15) is 0 Å². The number of halogens is 1. The van der Waals surface area contributed by atoms with E-state index in [4.69, 9.17) is 5.73 Å². The van der Waals surface area contributed by atoms with Crippen molar-refractivity contribution in [2.24, 2.45) is 11.7 Å². The van der Waals surface area contributed by atoms with Crippen molar-refractivity contribution in [3.63, 3.8) is 0 Å². The number of hydrogen-bond acceptors (Lipinski definition) is 9. The molecule has 3 atom stereocenters. The van der Waals surface area contributed by atoms with Crippen LogP contribution in [-0.2, 0) is 22.4 Å². The largest absolute Gasteiger partial charge is 0.351 e. The van der Waals surface area contributed by atoms with Crippen LogP contribution in [-0.4, -0.2) is 64.2 Å². The van der Waals surface area contributed by atoms with E-state index in [0.29, 0.717) is 29.3 Å². The Morgan fingerprint density at radius 3 is 2.17 bits per heavy atom. The summed E-state index contributed by atoms with van der Waals surface area (Å²) in [4.78, 5) is 64.2. The van der Waals surface area contributed by atoms with E-state index in [2.05, 4.69) is 25.9 Å². The fourth-order valence-corrected chi connectivity index (χ4v) is 7.17. The molecule has 2 aromatic heterocycles. The zero-order valence-corrected chi connectivity index (χ0v) is 29.2. The number of carbonyl (C=O) groups excluding carboxylic acids is 4. The molecule has 4 amide bonds. The summed E-state index contributed by atoms with van der Waals surface area (Å²) in [7, 11) is 0. The second kappa shape index (κ2) is 17.3. The maximum atomic E-state index is 13.6. The molecule has 1 aliphatic rings. The number of thiazole rings is 2. The fourth-order valence-electron chi connectivity index (χ4n) is 5.30. The van der Waals surface area contributed by atoms with Crippen LogP contribution in [0, 0.1) is 5.92 Å². The first kappa shape index (κ1) is 36.7. The van der Waals surface area contributed by atoms with Gasteiger partial charge in [-0.1, -0.05) is 74.5 Å². The summed E-state index contributed by atoms with van der Waals surface area (Å²) in [6, 6.07) is 17.3. The lowest BCUT2D eigenvalue weighted by atomic mass is 10.0. The summed E-state index contributed by atoms with van der Waals surface area (Å²) in [6.45, 7) is 4.17. The summed E-state index contributed by atoms with van der Waals surface area (Å²) in [5.74, 6) is -1.49. The van der Waals surface area contributed by atoms with E-state index in [0.717, 1.165) is 11.1 Å². The first-order valence-corrected chi connectivity index (χ1v) is 17.4. The molecule has 11 nitrogen and oxygen atoms in total. The molecule has 0 radical (unpaired) electrons. The molecule has 1 unspecified atom stereocenters. The molecule has 0 saturated carbocycles. The minimum atomic E-state index is -0.858. The van der Waals surface area contributed by atoms with E-state index >= 15 is 0 Å². The van der Waals surface area contributed by atoms with Gasteiger partial charge in [0.25, 0.3) is 11.8 Å². The van der Waals surface area contributed by atoms with Crippen LogP contribution >= 0.6 is 35.1 Å². The van der Waals surface area contributed by atoms with Crippen molar-refractivity contribution in [1.82, 2.24) is 30.8 Å². The Kier molecular flexibility index (Phi) is 13.2.